The molecule has 1 fully saturated rings. The maximum absolute atomic E-state index is 12.6. The van der Waals surface area contributed by atoms with Crippen LogP contribution in [0.5, 0.6) is 0 Å². The fourth-order valence-corrected chi connectivity index (χ4v) is 4.19. The van der Waals surface area contributed by atoms with Crippen LogP contribution in [0.2, 0.25) is 0 Å². The third-order valence-electron chi connectivity index (χ3n) is 4.68. The molecule has 1 aromatic rings. The monoisotopic (exact) mass is 367 g/mol. The average molecular weight is 368 g/mol. The Hall–Kier alpha value is -0.810. The van der Waals surface area contributed by atoms with Crippen LogP contribution < -0.4 is 0 Å². The summed E-state index contributed by atoms with van der Waals surface area (Å²) in [6.45, 7) is 0.500. The topological polar surface area (TPSA) is 37.4 Å². The molecule has 3 rings (SSSR count). The molecule has 3 nitrogen and oxygen atoms in total. The Bertz CT molecular complexity index is 596. The van der Waals surface area contributed by atoms with Gasteiger partial charge in [-0.15, -0.1) is 0 Å². The van der Waals surface area contributed by atoms with Gasteiger partial charge >= 0.3 is 0 Å². The average Bonchev–Trinajstić information content (AvgIpc) is 2.73. The lowest BCUT2D eigenvalue weighted by atomic mass is 9.75. The van der Waals surface area contributed by atoms with Crippen LogP contribution in [0, 0.1) is 5.41 Å². The predicted octanol–water partition coefficient (Wildman–Crippen LogP) is 3.93. The highest BCUT2D eigenvalue weighted by Crippen LogP contribution is 2.39. The van der Waals surface area contributed by atoms with Crippen molar-refractivity contribution < 1.29 is 9.59 Å². The highest BCUT2D eigenvalue weighted by Gasteiger charge is 2.41. The SMILES string of the molecule is O=C1c2ccc(Br)cc2C(=O)N1CC1(CS)CCCCC1. The van der Waals surface area contributed by atoms with Crippen molar-refractivity contribution in [1.29, 1.82) is 0 Å². The number of halogens is 1. The fourth-order valence-electron chi connectivity index (χ4n) is 3.41. The van der Waals surface area contributed by atoms with Crippen molar-refractivity contribution in [2.45, 2.75) is 32.1 Å². The number of thiol groups is 1. The molecule has 0 saturated heterocycles. The van der Waals surface area contributed by atoms with Gasteiger partial charge in [0.05, 0.1) is 11.1 Å². The van der Waals surface area contributed by atoms with E-state index in [4.69, 9.17) is 0 Å². The Kier molecular flexibility index (Phi) is 4.14. The molecule has 5 heteroatoms. The van der Waals surface area contributed by atoms with Gasteiger partial charge in [-0.05, 0) is 42.2 Å². The van der Waals surface area contributed by atoms with Gasteiger partial charge in [-0.1, -0.05) is 35.2 Å². The van der Waals surface area contributed by atoms with E-state index >= 15 is 0 Å². The molecule has 2 amide bonds. The normalized spacial score (nSPS) is 20.8. The zero-order chi connectivity index (χ0) is 15.0. The van der Waals surface area contributed by atoms with Gasteiger partial charge in [0.2, 0.25) is 0 Å². The molecule has 2 aliphatic rings. The van der Waals surface area contributed by atoms with Crippen LogP contribution in [-0.4, -0.2) is 29.0 Å². The summed E-state index contributed by atoms with van der Waals surface area (Å²) in [5.41, 5.74) is 1.03. The van der Waals surface area contributed by atoms with Crippen LogP contribution in [0.1, 0.15) is 52.8 Å². The van der Waals surface area contributed by atoms with Crippen LogP contribution in [0.3, 0.4) is 0 Å². The highest BCUT2D eigenvalue weighted by atomic mass is 79.9. The number of rotatable bonds is 3. The zero-order valence-electron chi connectivity index (χ0n) is 11.8. The molecule has 1 aliphatic heterocycles. The predicted molar refractivity (Wildman–Crippen MR) is 88.9 cm³/mol. The standard InChI is InChI=1S/C16H18BrNO2S/c17-11-4-5-12-13(8-11)15(20)18(14(12)19)9-16(10-21)6-2-1-3-7-16/h4-5,8,21H,1-3,6-7,9-10H2. The minimum absolute atomic E-state index is 0.00798. The Morgan fingerprint density at radius 2 is 1.76 bits per heavy atom. The second-order valence-corrected chi connectivity index (χ2v) is 7.34. The van der Waals surface area contributed by atoms with Gasteiger partial charge in [0.25, 0.3) is 11.8 Å². The van der Waals surface area contributed by atoms with Gasteiger partial charge in [0, 0.05) is 11.0 Å². The van der Waals surface area contributed by atoms with E-state index in [9.17, 15) is 9.59 Å². The molecule has 1 aromatic carbocycles. The summed E-state index contributed by atoms with van der Waals surface area (Å²) in [4.78, 5) is 26.5. The van der Waals surface area contributed by atoms with E-state index in [1.165, 1.54) is 11.3 Å². The molecule has 0 N–H and O–H groups in total. The summed E-state index contributed by atoms with van der Waals surface area (Å²) in [5.74, 6) is 0.404. The van der Waals surface area contributed by atoms with Crippen molar-refractivity contribution in [3.8, 4) is 0 Å². The number of benzene rings is 1. The number of fused-ring (bicyclic) bond motifs is 1. The minimum Gasteiger partial charge on any atom is -0.274 e. The Labute approximate surface area is 138 Å². The molecule has 0 aromatic heterocycles. The molecule has 1 saturated carbocycles. The number of hydrogen-bond donors (Lipinski definition) is 1. The molecule has 112 valence electrons. The number of carbonyl (C=O) groups excluding carboxylic acids is 2. The summed E-state index contributed by atoms with van der Waals surface area (Å²) in [6, 6.07) is 5.28. The second kappa shape index (κ2) is 5.76. The van der Waals surface area contributed by atoms with E-state index in [0.717, 1.165) is 35.9 Å². The summed E-state index contributed by atoms with van der Waals surface area (Å²) in [5, 5.41) is 0. The van der Waals surface area contributed by atoms with Gasteiger partial charge < -0.3 is 0 Å². The van der Waals surface area contributed by atoms with Gasteiger partial charge in [0.15, 0.2) is 0 Å². The summed E-state index contributed by atoms with van der Waals surface area (Å²) >= 11 is 7.86. The molecular formula is C16H18BrNO2S. The van der Waals surface area contributed by atoms with E-state index < -0.39 is 0 Å². The summed E-state index contributed by atoms with van der Waals surface area (Å²) in [7, 11) is 0. The third-order valence-corrected chi connectivity index (χ3v) is 5.84. The van der Waals surface area contributed by atoms with Crippen molar-refractivity contribution in [2.24, 2.45) is 5.41 Å². The zero-order valence-corrected chi connectivity index (χ0v) is 14.3. The minimum atomic E-state index is -0.164. The quantitative estimate of drug-likeness (QED) is 0.649. The van der Waals surface area contributed by atoms with Gasteiger partial charge in [-0.2, -0.15) is 12.6 Å². The van der Waals surface area contributed by atoms with Crippen LogP contribution in [0.25, 0.3) is 0 Å². The highest BCUT2D eigenvalue weighted by molar-refractivity contribution is 9.10. The Morgan fingerprint density at radius 1 is 1.10 bits per heavy atom. The number of amides is 2. The van der Waals surface area contributed by atoms with Crippen LogP contribution in [0.4, 0.5) is 0 Å². The number of hydrogen-bond acceptors (Lipinski definition) is 3. The fraction of sp³-hybridized carbons (Fsp3) is 0.500. The van der Waals surface area contributed by atoms with Gasteiger partial charge in [-0.25, -0.2) is 0 Å². The first-order valence-corrected chi connectivity index (χ1v) is 8.75. The third kappa shape index (κ3) is 2.66. The second-order valence-electron chi connectivity index (χ2n) is 6.11. The summed E-state index contributed by atoms with van der Waals surface area (Å²) in [6.07, 6.45) is 5.66. The van der Waals surface area contributed by atoms with Crippen molar-refractivity contribution in [1.82, 2.24) is 4.90 Å². The summed E-state index contributed by atoms with van der Waals surface area (Å²) < 4.78 is 0.825. The molecule has 0 unspecified atom stereocenters. The van der Waals surface area contributed by atoms with E-state index in [1.807, 2.05) is 6.07 Å². The Balaban J connectivity index is 1.87. The van der Waals surface area contributed by atoms with Gasteiger partial charge in [0.1, 0.15) is 0 Å². The number of carbonyl (C=O) groups is 2. The molecule has 1 heterocycles. The largest absolute Gasteiger partial charge is 0.274 e. The maximum Gasteiger partial charge on any atom is 0.261 e. The first-order valence-electron chi connectivity index (χ1n) is 7.33. The lowest BCUT2D eigenvalue weighted by Gasteiger charge is -2.38. The molecule has 21 heavy (non-hydrogen) atoms. The number of imide groups is 1. The van der Waals surface area contributed by atoms with E-state index in [0.29, 0.717) is 17.7 Å². The van der Waals surface area contributed by atoms with Crippen LogP contribution >= 0.6 is 28.6 Å². The molecule has 0 bridgehead atoms. The Morgan fingerprint density at radius 3 is 2.43 bits per heavy atom. The van der Waals surface area contributed by atoms with Crippen molar-refractivity contribution >= 4 is 40.4 Å². The van der Waals surface area contributed by atoms with Gasteiger partial charge in [-0.3, -0.25) is 14.5 Å². The first-order chi connectivity index (χ1) is 10.1. The van der Waals surface area contributed by atoms with Crippen molar-refractivity contribution in [3.63, 3.8) is 0 Å². The van der Waals surface area contributed by atoms with Crippen LogP contribution in [-0.2, 0) is 0 Å². The smallest absolute Gasteiger partial charge is 0.261 e. The van der Waals surface area contributed by atoms with E-state index in [-0.39, 0.29) is 17.2 Å². The molecule has 0 atom stereocenters. The lowest BCUT2D eigenvalue weighted by molar-refractivity contribution is 0.0546. The maximum atomic E-state index is 12.6. The molecule has 0 spiro atoms. The lowest BCUT2D eigenvalue weighted by Crippen LogP contribution is -2.43. The van der Waals surface area contributed by atoms with Crippen molar-refractivity contribution in [2.75, 3.05) is 12.3 Å². The number of nitrogens with zero attached hydrogens (tertiary/aromatic N) is 1. The first kappa shape index (κ1) is 15.1. The van der Waals surface area contributed by atoms with Crippen molar-refractivity contribution in [3.05, 3.63) is 33.8 Å². The molecular weight excluding hydrogens is 350 g/mol. The molecule has 1 aliphatic carbocycles. The molecule has 0 radical (unpaired) electrons. The van der Waals surface area contributed by atoms with E-state index in [1.54, 1.807) is 12.1 Å². The van der Waals surface area contributed by atoms with Crippen LogP contribution in [0.15, 0.2) is 22.7 Å². The van der Waals surface area contributed by atoms with E-state index in [2.05, 4.69) is 28.6 Å².